The van der Waals surface area contributed by atoms with Crippen LogP contribution in [0.25, 0.3) is 0 Å². The SMILES string of the molecule is CO[C@@H]1C(C)[C@H]2COC(O2)[C@@H]1O[C@@H]1C(C)[C@H]2COC(O2)[C@@H]1C. The van der Waals surface area contributed by atoms with Crippen LogP contribution in [0.4, 0.5) is 0 Å². The summed E-state index contributed by atoms with van der Waals surface area (Å²) >= 11 is 0. The van der Waals surface area contributed by atoms with Gasteiger partial charge in [-0.2, -0.15) is 0 Å². The largest absolute Gasteiger partial charge is 0.378 e. The first-order valence-corrected chi connectivity index (χ1v) is 8.32. The zero-order chi connectivity index (χ0) is 15.4. The average molecular weight is 314 g/mol. The molecule has 0 aromatic rings. The van der Waals surface area contributed by atoms with E-state index in [1.165, 1.54) is 0 Å². The number of hydrogen-bond donors (Lipinski definition) is 0. The first-order chi connectivity index (χ1) is 10.6. The maximum absolute atomic E-state index is 6.51. The number of ether oxygens (including phenoxy) is 6. The first-order valence-electron chi connectivity index (χ1n) is 8.32. The highest BCUT2D eigenvalue weighted by atomic mass is 16.8. The summed E-state index contributed by atoms with van der Waals surface area (Å²) in [6.07, 6.45) is -0.410. The van der Waals surface area contributed by atoms with Crippen LogP contribution in [0.3, 0.4) is 0 Å². The number of methoxy groups -OCH3 is 1. The van der Waals surface area contributed by atoms with Crippen molar-refractivity contribution in [3.05, 3.63) is 0 Å². The van der Waals surface area contributed by atoms with Gasteiger partial charge in [-0.05, 0) is 0 Å². The first kappa shape index (κ1) is 15.3. The van der Waals surface area contributed by atoms with E-state index in [9.17, 15) is 0 Å². The Morgan fingerprint density at radius 2 is 1.32 bits per heavy atom. The lowest BCUT2D eigenvalue weighted by Crippen LogP contribution is -2.56. The minimum atomic E-state index is -0.327. The van der Waals surface area contributed by atoms with Gasteiger partial charge in [-0.1, -0.05) is 20.8 Å². The monoisotopic (exact) mass is 314 g/mol. The molecule has 22 heavy (non-hydrogen) atoms. The summed E-state index contributed by atoms with van der Waals surface area (Å²) in [5.74, 6) is 0.716. The second kappa shape index (κ2) is 5.69. The van der Waals surface area contributed by atoms with Gasteiger partial charge in [0.1, 0.15) is 6.10 Å². The van der Waals surface area contributed by atoms with E-state index >= 15 is 0 Å². The zero-order valence-corrected chi connectivity index (χ0v) is 13.6. The molecule has 0 aromatic carbocycles. The summed E-state index contributed by atoms with van der Waals surface area (Å²) in [7, 11) is 1.74. The molecule has 0 aliphatic carbocycles. The summed E-state index contributed by atoms with van der Waals surface area (Å²) in [4.78, 5) is 0. The molecule has 126 valence electrons. The highest BCUT2D eigenvalue weighted by Crippen LogP contribution is 2.41. The van der Waals surface area contributed by atoms with Gasteiger partial charge in [0.05, 0.1) is 37.6 Å². The topological polar surface area (TPSA) is 55.4 Å². The molecule has 4 aliphatic heterocycles. The molecule has 0 aromatic heterocycles. The molecule has 4 bridgehead atoms. The predicted molar refractivity (Wildman–Crippen MR) is 76.2 cm³/mol. The summed E-state index contributed by atoms with van der Waals surface area (Å²) < 4.78 is 35.6. The van der Waals surface area contributed by atoms with Crippen LogP contribution in [0.1, 0.15) is 20.8 Å². The lowest BCUT2D eigenvalue weighted by Gasteiger charge is -2.44. The Morgan fingerprint density at radius 1 is 0.727 bits per heavy atom. The Bertz CT molecular complexity index is 401. The molecule has 6 heteroatoms. The van der Waals surface area contributed by atoms with Crippen molar-refractivity contribution >= 4 is 0 Å². The zero-order valence-electron chi connectivity index (χ0n) is 13.6. The summed E-state index contributed by atoms with van der Waals surface area (Å²) in [5, 5.41) is 0. The third-order valence-electron chi connectivity index (χ3n) is 5.80. The quantitative estimate of drug-likeness (QED) is 0.779. The van der Waals surface area contributed by atoms with Crippen LogP contribution in [0, 0.1) is 17.8 Å². The van der Waals surface area contributed by atoms with Gasteiger partial charge in [-0.15, -0.1) is 0 Å². The van der Waals surface area contributed by atoms with Crippen molar-refractivity contribution in [2.24, 2.45) is 17.8 Å². The molecule has 0 N–H and O–H groups in total. The lowest BCUT2D eigenvalue weighted by molar-refractivity contribution is -0.276. The molecule has 0 amide bonds. The molecule has 0 saturated carbocycles. The maximum Gasteiger partial charge on any atom is 0.186 e. The van der Waals surface area contributed by atoms with Gasteiger partial charge < -0.3 is 28.4 Å². The normalized spacial score (nSPS) is 57.3. The molecule has 4 heterocycles. The van der Waals surface area contributed by atoms with Crippen LogP contribution in [-0.4, -0.2) is 63.4 Å². The Balaban J connectivity index is 1.53. The van der Waals surface area contributed by atoms with Crippen molar-refractivity contribution in [3.63, 3.8) is 0 Å². The molecule has 10 atom stereocenters. The van der Waals surface area contributed by atoms with Gasteiger partial charge in [0.25, 0.3) is 0 Å². The highest BCUT2D eigenvalue weighted by molar-refractivity contribution is 4.96. The third-order valence-corrected chi connectivity index (χ3v) is 5.80. The van der Waals surface area contributed by atoms with Gasteiger partial charge in [0.15, 0.2) is 12.6 Å². The fourth-order valence-corrected chi connectivity index (χ4v) is 4.31. The molecule has 6 nitrogen and oxygen atoms in total. The molecular formula is C16H26O6. The van der Waals surface area contributed by atoms with Crippen LogP contribution in [-0.2, 0) is 28.4 Å². The second-order valence-corrected chi connectivity index (χ2v) is 7.10. The van der Waals surface area contributed by atoms with E-state index < -0.39 is 0 Å². The fourth-order valence-electron chi connectivity index (χ4n) is 4.31. The Morgan fingerprint density at radius 3 is 2.00 bits per heavy atom. The minimum absolute atomic E-state index is 0.00735. The molecule has 4 rings (SSSR count). The third kappa shape index (κ3) is 2.24. The summed E-state index contributed by atoms with van der Waals surface area (Å²) in [6, 6.07) is 0. The van der Waals surface area contributed by atoms with Crippen molar-refractivity contribution in [1.82, 2.24) is 0 Å². The van der Waals surface area contributed by atoms with E-state index in [1.807, 2.05) is 0 Å². The molecule has 4 aliphatic rings. The molecule has 0 radical (unpaired) electrons. The van der Waals surface area contributed by atoms with E-state index in [0.717, 1.165) is 0 Å². The van der Waals surface area contributed by atoms with E-state index in [1.54, 1.807) is 7.11 Å². The number of fused-ring (bicyclic) bond motifs is 4. The Kier molecular flexibility index (Phi) is 3.95. The van der Waals surface area contributed by atoms with Gasteiger partial charge >= 0.3 is 0 Å². The number of rotatable bonds is 3. The minimum Gasteiger partial charge on any atom is -0.378 e. The lowest BCUT2D eigenvalue weighted by atomic mass is 9.86. The fraction of sp³-hybridized carbons (Fsp3) is 1.00. The second-order valence-electron chi connectivity index (χ2n) is 7.10. The summed E-state index contributed by atoms with van der Waals surface area (Å²) in [6.45, 7) is 7.72. The highest BCUT2D eigenvalue weighted by Gasteiger charge is 2.54. The van der Waals surface area contributed by atoms with E-state index in [2.05, 4.69) is 20.8 Å². The van der Waals surface area contributed by atoms with E-state index in [4.69, 9.17) is 28.4 Å². The molecule has 4 fully saturated rings. The van der Waals surface area contributed by atoms with Crippen molar-refractivity contribution in [3.8, 4) is 0 Å². The van der Waals surface area contributed by atoms with Crippen molar-refractivity contribution in [1.29, 1.82) is 0 Å². The Labute approximate surface area is 131 Å². The van der Waals surface area contributed by atoms with Gasteiger partial charge in [-0.3, -0.25) is 0 Å². The maximum atomic E-state index is 6.51. The van der Waals surface area contributed by atoms with Crippen LogP contribution >= 0.6 is 0 Å². The van der Waals surface area contributed by atoms with Gasteiger partial charge in [-0.25, -0.2) is 0 Å². The van der Waals surface area contributed by atoms with Crippen molar-refractivity contribution in [2.75, 3.05) is 20.3 Å². The van der Waals surface area contributed by atoms with Crippen LogP contribution in [0.5, 0.6) is 0 Å². The van der Waals surface area contributed by atoms with Crippen LogP contribution in [0.15, 0.2) is 0 Å². The van der Waals surface area contributed by atoms with Crippen molar-refractivity contribution in [2.45, 2.75) is 63.9 Å². The van der Waals surface area contributed by atoms with E-state index in [-0.39, 0.29) is 60.9 Å². The summed E-state index contributed by atoms with van der Waals surface area (Å²) in [5.41, 5.74) is 0. The van der Waals surface area contributed by atoms with Gasteiger partial charge in [0, 0.05) is 24.9 Å². The Hall–Kier alpha value is -0.240. The smallest absolute Gasteiger partial charge is 0.186 e. The van der Waals surface area contributed by atoms with Crippen molar-refractivity contribution < 1.29 is 28.4 Å². The van der Waals surface area contributed by atoms with Crippen LogP contribution < -0.4 is 0 Å². The van der Waals surface area contributed by atoms with E-state index in [0.29, 0.717) is 13.2 Å². The number of hydrogen-bond acceptors (Lipinski definition) is 6. The average Bonchev–Trinajstić information content (AvgIpc) is 3.13. The van der Waals surface area contributed by atoms with Crippen LogP contribution in [0.2, 0.25) is 0 Å². The molecular weight excluding hydrogens is 288 g/mol. The molecule has 4 unspecified atom stereocenters. The molecule has 4 saturated heterocycles. The van der Waals surface area contributed by atoms with Gasteiger partial charge in [0.2, 0.25) is 0 Å². The standard InChI is InChI=1S/C16H26O6/c1-7-10-5-18-15(20-10)9(3)12(7)22-14-13(17-4)8(2)11-6-19-16(14)21-11/h7-16H,5-6H2,1-4H3/t7?,8?,9-,10-,11-,12-,13-,14-,15?,16?/m1/s1. The molecule has 0 spiro atoms. The predicted octanol–water partition coefficient (Wildman–Crippen LogP) is 1.17.